The predicted octanol–water partition coefficient (Wildman–Crippen LogP) is 0.220. The number of nitrogens with two attached hydrogens (primary N) is 1. The Morgan fingerprint density at radius 2 is 2.47 bits per heavy atom. The third-order valence-corrected chi connectivity index (χ3v) is 1.99. The van der Waals surface area contributed by atoms with Gasteiger partial charge < -0.3 is 14.0 Å². The lowest BCUT2D eigenvalue weighted by Crippen LogP contribution is -2.30. The van der Waals surface area contributed by atoms with Gasteiger partial charge in [-0.25, -0.2) is 5.84 Å². The Morgan fingerprint density at radius 1 is 1.71 bits per heavy atom. The summed E-state index contributed by atoms with van der Waals surface area (Å²) in [5.41, 5.74) is 2.09. The molecular weight excluding hydrogens is 226 g/mol. The van der Waals surface area contributed by atoms with Crippen LogP contribution in [0.15, 0.2) is 10.6 Å². The average Bonchev–Trinajstić information content (AvgIpc) is 2.81. The van der Waals surface area contributed by atoms with Crippen molar-refractivity contribution < 1.29 is 18.8 Å². The van der Waals surface area contributed by atoms with Gasteiger partial charge >= 0.3 is 0 Å². The SMILES string of the molecule is CCOCC(C)OCc1cc(C(=O)NN)no1. The molecule has 3 N–H and O–H groups in total. The summed E-state index contributed by atoms with van der Waals surface area (Å²) in [5, 5.41) is 3.55. The Morgan fingerprint density at radius 3 is 3.12 bits per heavy atom. The van der Waals surface area contributed by atoms with E-state index in [1.165, 1.54) is 6.07 Å². The molecule has 0 saturated carbocycles. The third kappa shape index (κ3) is 4.51. The maximum absolute atomic E-state index is 11.1. The molecule has 1 aromatic rings. The molecule has 7 heteroatoms. The highest BCUT2D eigenvalue weighted by Gasteiger charge is 2.12. The van der Waals surface area contributed by atoms with Gasteiger partial charge in [-0.05, 0) is 13.8 Å². The molecule has 1 unspecified atom stereocenters. The molecule has 0 radical (unpaired) electrons. The summed E-state index contributed by atoms with van der Waals surface area (Å²) in [4.78, 5) is 11.1. The molecule has 0 aromatic carbocycles. The summed E-state index contributed by atoms with van der Waals surface area (Å²) in [6, 6.07) is 1.48. The monoisotopic (exact) mass is 243 g/mol. The van der Waals surface area contributed by atoms with Crippen molar-refractivity contribution in [2.75, 3.05) is 13.2 Å². The summed E-state index contributed by atoms with van der Waals surface area (Å²) in [7, 11) is 0. The number of carbonyl (C=O) groups is 1. The van der Waals surface area contributed by atoms with Crippen LogP contribution in [0, 0.1) is 0 Å². The van der Waals surface area contributed by atoms with E-state index in [1.807, 2.05) is 19.3 Å². The lowest BCUT2D eigenvalue weighted by molar-refractivity contribution is -0.0183. The highest BCUT2D eigenvalue weighted by molar-refractivity contribution is 5.91. The molecular formula is C10H17N3O4. The zero-order valence-corrected chi connectivity index (χ0v) is 9.93. The molecule has 0 saturated heterocycles. The van der Waals surface area contributed by atoms with Crippen LogP contribution in [0.1, 0.15) is 30.1 Å². The van der Waals surface area contributed by atoms with E-state index in [9.17, 15) is 4.79 Å². The van der Waals surface area contributed by atoms with Gasteiger partial charge in [-0.3, -0.25) is 10.2 Å². The Labute approximate surface area is 99.2 Å². The minimum atomic E-state index is -0.498. The summed E-state index contributed by atoms with van der Waals surface area (Å²) in [5.74, 6) is 4.93. The quantitative estimate of drug-likeness (QED) is 0.403. The van der Waals surface area contributed by atoms with E-state index in [4.69, 9.17) is 19.8 Å². The largest absolute Gasteiger partial charge is 0.379 e. The van der Waals surface area contributed by atoms with Crippen molar-refractivity contribution in [2.24, 2.45) is 5.84 Å². The van der Waals surface area contributed by atoms with Crippen molar-refractivity contribution in [3.63, 3.8) is 0 Å². The number of rotatable bonds is 7. The maximum atomic E-state index is 11.1. The van der Waals surface area contributed by atoms with Crippen molar-refractivity contribution in [3.8, 4) is 0 Å². The van der Waals surface area contributed by atoms with Crippen LogP contribution in [0.5, 0.6) is 0 Å². The fourth-order valence-electron chi connectivity index (χ4n) is 1.12. The lowest BCUT2D eigenvalue weighted by atomic mass is 10.3. The number of hydrogen-bond donors (Lipinski definition) is 2. The summed E-state index contributed by atoms with van der Waals surface area (Å²) in [6.45, 7) is 5.21. The van der Waals surface area contributed by atoms with Crippen molar-refractivity contribution in [3.05, 3.63) is 17.5 Å². The maximum Gasteiger partial charge on any atom is 0.287 e. The zero-order chi connectivity index (χ0) is 12.7. The second-order valence-electron chi connectivity index (χ2n) is 3.43. The van der Waals surface area contributed by atoms with Gasteiger partial charge in [0.2, 0.25) is 0 Å². The molecule has 96 valence electrons. The standard InChI is InChI=1S/C10H17N3O4/c1-3-15-5-7(2)16-6-8-4-9(13-17-8)10(14)12-11/h4,7H,3,5-6,11H2,1-2H3,(H,12,14). The number of amides is 1. The Hall–Kier alpha value is -1.44. The molecule has 1 heterocycles. The minimum Gasteiger partial charge on any atom is -0.379 e. The Bertz CT molecular complexity index is 353. The molecule has 1 atom stereocenters. The molecule has 0 aliphatic carbocycles. The van der Waals surface area contributed by atoms with Crippen molar-refractivity contribution in [1.82, 2.24) is 10.6 Å². The van der Waals surface area contributed by atoms with Crippen LogP contribution < -0.4 is 11.3 Å². The molecule has 0 aliphatic rings. The number of ether oxygens (including phenoxy) is 2. The van der Waals surface area contributed by atoms with Crippen LogP contribution in [-0.4, -0.2) is 30.4 Å². The number of hydrazine groups is 1. The molecule has 17 heavy (non-hydrogen) atoms. The molecule has 1 amide bonds. The number of aromatic nitrogens is 1. The number of nitrogen functional groups attached to an aromatic ring is 1. The van der Waals surface area contributed by atoms with E-state index in [-0.39, 0.29) is 18.4 Å². The van der Waals surface area contributed by atoms with Crippen molar-refractivity contribution in [1.29, 1.82) is 0 Å². The zero-order valence-electron chi connectivity index (χ0n) is 9.93. The number of carbonyl (C=O) groups excluding carboxylic acids is 1. The second kappa shape index (κ2) is 7.00. The van der Waals surface area contributed by atoms with Gasteiger partial charge in [-0.1, -0.05) is 5.16 Å². The molecule has 7 nitrogen and oxygen atoms in total. The average molecular weight is 243 g/mol. The van der Waals surface area contributed by atoms with Crippen LogP contribution in [0.3, 0.4) is 0 Å². The van der Waals surface area contributed by atoms with Gasteiger partial charge in [0.15, 0.2) is 11.5 Å². The van der Waals surface area contributed by atoms with Gasteiger partial charge in [0.1, 0.15) is 6.61 Å². The van der Waals surface area contributed by atoms with Gasteiger partial charge in [0.25, 0.3) is 5.91 Å². The summed E-state index contributed by atoms with van der Waals surface area (Å²) in [6.07, 6.45) is -0.0492. The first-order valence-electron chi connectivity index (χ1n) is 5.33. The fraction of sp³-hybridized carbons (Fsp3) is 0.600. The molecule has 0 aliphatic heterocycles. The van der Waals surface area contributed by atoms with Crippen molar-refractivity contribution in [2.45, 2.75) is 26.6 Å². The van der Waals surface area contributed by atoms with Gasteiger partial charge in [0, 0.05) is 12.7 Å². The normalized spacial score (nSPS) is 12.4. The number of nitrogens with one attached hydrogen (secondary N) is 1. The molecule has 0 bridgehead atoms. The van der Waals surface area contributed by atoms with Crippen LogP contribution in [0.2, 0.25) is 0 Å². The highest BCUT2D eigenvalue weighted by atomic mass is 16.5. The highest BCUT2D eigenvalue weighted by Crippen LogP contribution is 2.06. The Balaban J connectivity index is 2.36. The van der Waals surface area contributed by atoms with E-state index in [0.717, 1.165) is 0 Å². The minimum absolute atomic E-state index is 0.0492. The first kappa shape index (κ1) is 13.6. The predicted molar refractivity (Wildman–Crippen MR) is 58.9 cm³/mol. The fourth-order valence-corrected chi connectivity index (χ4v) is 1.12. The van der Waals surface area contributed by atoms with E-state index in [1.54, 1.807) is 0 Å². The van der Waals surface area contributed by atoms with Gasteiger partial charge in [-0.2, -0.15) is 0 Å². The van der Waals surface area contributed by atoms with Crippen LogP contribution in [-0.2, 0) is 16.1 Å². The number of hydrogen-bond acceptors (Lipinski definition) is 6. The van der Waals surface area contributed by atoms with Gasteiger partial charge in [-0.15, -0.1) is 0 Å². The van der Waals surface area contributed by atoms with Crippen LogP contribution >= 0.6 is 0 Å². The first-order chi connectivity index (χ1) is 8.17. The number of nitrogens with zero attached hydrogens (tertiary/aromatic N) is 1. The first-order valence-corrected chi connectivity index (χ1v) is 5.33. The smallest absolute Gasteiger partial charge is 0.287 e. The molecule has 0 spiro atoms. The van der Waals surface area contributed by atoms with Gasteiger partial charge in [0.05, 0.1) is 12.7 Å². The summed E-state index contributed by atoms with van der Waals surface area (Å²) < 4.78 is 15.5. The summed E-state index contributed by atoms with van der Waals surface area (Å²) >= 11 is 0. The van der Waals surface area contributed by atoms with E-state index in [2.05, 4.69) is 5.16 Å². The second-order valence-corrected chi connectivity index (χ2v) is 3.43. The molecule has 1 aromatic heterocycles. The van der Waals surface area contributed by atoms with Crippen molar-refractivity contribution >= 4 is 5.91 Å². The van der Waals surface area contributed by atoms with E-state index >= 15 is 0 Å². The Kier molecular flexibility index (Phi) is 5.61. The lowest BCUT2D eigenvalue weighted by Gasteiger charge is -2.10. The molecule has 1 rings (SSSR count). The topological polar surface area (TPSA) is 99.6 Å². The van der Waals surface area contributed by atoms with Crippen LogP contribution in [0.25, 0.3) is 0 Å². The molecule has 0 fully saturated rings. The van der Waals surface area contributed by atoms with E-state index in [0.29, 0.717) is 19.0 Å². The van der Waals surface area contributed by atoms with Crippen LogP contribution in [0.4, 0.5) is 0 Å². The van der Waals surface area contributed by atoms with E-state index < -0.39 is 5.91 Å². The third-order valence-electron chi connectivity index (χ3n) is 1.99.